The van der Waals surface area contributed by atoms with Crippen molar-refractivity contribution in [3.63, 3.8) is 0 Å². The highest BCUT2D eigenvalue weighted by Crippen LogP contribution is 2.09. The minimum Gasteiger partial charge on any atom is -0.358 e. The molecule has 0 aliphatic rings. The van der Waals surface area contributed by atoms with Crippen LogP contribution in [0.3, 0.4) is 0 Å². The summed E-state index contributed by atoms with van der Waals surface area (Å²) in [5.41, 5.74) is 0.202. The van der Waals surface area contributed by atoms with E-state index in [4.69, 9.17) is 0 Å². The second kappa shape index (κ2) is 3.70. The van der Waals surface area contributed by atoms with E-state index in [1.54, 1.807) is 6.92 Å². The minimum absolute atomic E-state index is 0.179. The first kappa shape index (κ1) is 9.24. The van der Waals surface area contributed by atoms with Crippen molar-refractivity contribution >= 4 is 11.7 Å². The molecule has 0 bridgehead atoms. The third kappa shape index (κ3) is 2.05. The summed E-state index contributed by atoms with van der Waals surface area (Å²) in [7, 11) is 0. The molecule has 0 spiro atoms. The third-order valence-corrected chi connectivity index (χ3v) is 1.45. The quantitative estimate of drug-likeness (QED) is 0.533. The number of nitrogens with zero attached hydrogens (tertiary/aromatic N) is 1. The van der Waals surface area contributed by atoms with Crippen LogP contribution in [0.25, 0.3) is 0 Å². The highest BCUT2D eigenvalue weighted by Gasteiger charge is 2.13. The van der Waals surface area contributed by atoms with Crippen LogP contribution in [-0.2, 0) is 0 Å². The SMILES string of the molecule is CCNC(=O)c1ccc([N+](=O)[O-])[nH]1. The van der Waals surface area contributed by atoms with Crippen LogP contribution in [0, 0.1) is 10.1 Å². The predicted octanol–water partition coefficient (Wildman–Crippen LogP) is 0.673. The molecule has 1 amide bonds. The molecule has 1 aromatic heterocycles. The van der Waals surface area contributed by atoms with Gasteiger partial charge in [0.1, 0.15) is 0 Å². The van der Waals surface area contributed by atoms with Crippen LogP contribution in [0.1, 0.15) is 17.4 Å². The van der Waals surface area contributed by atoms with Crippen LogP contribution in [0.2, 0.25) is 0 Å². The lowest BCUT2D eigenvalue weighted by Crippen LogP contribution is -2.22. The molecule has 0 aromatic carbocycles. The van der Waals surface area contributed by atoms with Crippen molar-refractivity contribution in [3.8, 4) is 0 Å². The van der Waals surface area contributed by atoms with E-state index in [9.17, 15) is 14.9 Å². The molecule has 0 radical (unpaired) electrons. The smallest absolute Gasteiger partial charge is 0.321 e. The van der Waals surface area contributed by atoms with Gasteiger partial charge in [0, 0.05) is 12.6 Å². The highest BCUT2D eigenvalue weighted by atomic mass is 16.6. The monoisotopic (exact) mass is 183 g/mol. The van der Waals surface area contributed by atoms with Gasteiger partial charge in [0.2, 0.25) is 0 Å². The van der Waals surface area contributed by atoms with E-state index in [-0.39, 0.29) is 17.4 Å². The molecular weight excluding hydrogens is 174 g/mol. The second-order valence-electron chi connectivity index (χ2n) is 2.37. The molecule has 0 unspecified atom stereocenters. The van der Waals surface area contributed by atoms with Gasteiger partial charge in [0.15, 0.2) is 5.69 Å². The Morgan fingerprint density at radius 3 is 2.85 bits per heavy atom. The molecule has 13 heavy (non-hydrogen) atoms. The number of rotatable bonds is 3. The number of nitro groups is 1. The fourth-order valence-electron chi connectivity index (χ4n) is 0.878. The summed E-state index contributed by atoms with van der Waals surface area (Å²) in [4.78, 5) is 23.2. The summed E-state index contributed by atoms with van der Waals surface area (Å²) in [6, 6.07) is 2.63. The van der Waals surface area contributed by atoms with Gasteiger partial charge in [0.05, 0.1) is 0 Å². The van der Waals surface area contributed by atoms with Crippen LogP contribution in [0.15, 0.2) is 12.1 Å². The van der Waals surface area contributed by atoms with Gasteiger partial charge in [-0.3, -0.25) is 4.79 Å². The molecule has 70 valence electrons. The summed E-state index contributed by atoms with van der Waals surface area (Å²) in [6.45, 7) is 2.26. The van der Waals surface area contributed by atoms with E-state index < -0.39 is 4.92 Å². The molecule has 0 saturated heterocycles. The molecule has 6 nitrogen and oxygen atoms in total. The van der Waals surface area contributed by atoms with Gasteiger partial charge in [-0.15, -0.1) is 0 Å². The number of nitrogens with one attached hydrogen (secondary N) is 2. The molecule has 0 fully saturated rings. The average molecular weight is 183 g/mol. The van der Waals surface area contributed by atoms with Crippen molar-refractivity contribution in [2.75, 3.05) is 6.54 Å². The molecule has 2 N–H and O–H groups in total. The van der Waals surface area contributed by atoms with Gasteiger partial charge in [-0.2, -0.15) is 0 Å². The van der Waals surface area contributed by atoms with Crippen LogP contribution < -0.4 is 5.32 Å². The van der Waals surface area contributed by atoms with Gasteiger partial charge in [-0.25, -0.2) is 4.98 Å². The third-order valence-electron chi connectivity index (χ3n) is 1.45. The average Bonchev–Trinajstić information content (AvgIpc) is 2.52. The van der Waals surface area contributed by atoms with Crippen LogP contribution in [0.5, 0.6) is 0 Å². The van der Waals surface area contributed by atoms with E-state index in [0.717, 1.165) is 0 Å². The Labute approximate surface area is 74.1 Å². The van der Waals surface area contributed by atoms with Crippen molar-refractivity contribution in [1.82, 2.24) is 10.3 Å². The Hall–Kier alpha value is -1.85. The van der Waals surface area contributed by atoms with E-state index in [2.05, 4.69) is 10.3 Å². The zero-order valence-electron chi connectivity index (χ0n) is 7.03. The summed E-state index contributed by atoms with van der Waals surface area (Å²) in [5, 5.41) is 12.8. The first-order chi connectivity index (χ1) is 6.15. The molecule has 6 heteroatoms. The summed E-state index contributed by atoms with van der Waals surface area (Å²) < 4.78 is 0. The maximum absolute atomic E-state index is 11.1. The second-order valence-corrected chi connectivity index (χ2v) is 2.37. The Bertz CT molecular complexity index is 331. The zero-order chi connectivity index (χ0) is 9.84. The standard InChI is InChI=1S/C7H9N3O3/c1-2-8-7(11)5-3-4-6(9-5)10(12)13/h3-4,9H,2H2,1H3,(H,8,11). The fourth-order valence-corrected chi connectivity index (χ4v) is 0.878. The zero-order valence-corrected chi connectivity index (χ0v) is 7.03. The van der Waals surface area contributed by atoms with Gasteiger partial charge in [-0.1, -0.05) is 0 Å². The number of aromatic amines is 1. The van der Waals surface area contributed by atoms with Crippen LogP contribution in [0.4, 0.5) is 5.82 Å². The molecule has 0 saturated carbocycles. The van der Waals surface area contributed by atoms with Crippen LogP contribution >= 0.6 is 0 Å². The predicted molar refractivity (Wildman–Crippen MR) is 45.5 cm³/mol. The van der Waals surface area contributed by atoms with E-state index >= 15 is 0 Å². The number of hydrogen-bond acceptors (Lipinski definition) is 3. The maximum Gasteiger partial charge on any atom is 0.321 e. The number of carbonyl (C=O) groups excluding carboxylic acids is 1. The van der Waals surface area contributed by atoms with Crippen molar-refractivity contribution < 1.29 is 9.72 Å². The topological polar surface area (TPSA) is 88.0 Å². The number of hydrogen-bond donors (Lipinski definition) is 2. The summed E-state index contributed by atoms with van der Waals surface area (Å²) in [6.07, 6.45) is 0. The first-order valence-electron chi connectivity index (χ1n) is 3.76. The van der Waals surface area contributed by atoms with Gasteiger partial charge < -0.3 is 15.4 Å². The largest absolute Gasteiger partial charge is 0.358 e. The fraction of sp³-hybridized carbons (Fsp3) is 0.286. The molecule has 0 atom stereocenters. The van der Waals surface area contributed by atoms with Crippen molar-refractivity contribution in [2.24, 2.45) is 0 Å². The lowest BCUT2D eigenvalue weighted by Gasteiger charge is -1.94. The molecule has 1 aromatic rings. The van der Waals surface area contributed by atoms with E-state index in [1.807, 2.05) is 0 Å². The van der Waals surface area contributed by atoms with Crippen LogP contribution in [-0.4, -0.2) is 22.4 Å². The highest BCUT2D eigenvalue weighted by molar-refractivity contribution is 5.92. The van der Waals surface area contributed by atoms with Gasteiger partial charge in [0.25, 0.3) is 5.91 Å². The Balaban J connectivity index is 2.79. The van der Waals surface area contributed by atoms with Gasteiger partial charge in [-0.05, 0) is 17.9 Å². The van der Waals surface area contributed by atoms with Crippen molar-refractivity contribution in [2.45, 2.75) is 6.92 Å². The summed E-state index contributed by atoms with van der Waals surface area (Å²) in [5.74, 6) is -0.517. The Morgan fingerprint density at radius 2 is 2.38 bits per heavy atom. The van der Waals surface area contributed by atoms with Crippen molar-refractivity contribution in [3.05, 3.63) is 27.9 Å². The summed E-state index contributed by atoms with van der Waals surface area (Å²) >= 11 is 0. The molecule has 1 heterocycles. The molecule has 0 aliphatic heterocycles. The van der Waals surface area contributed by atoms with E-state index in [1.165, 1.54) is 12.1 Å². The lowest BCUT2D eigenvalue weighted by molar-refractivity contribution is -0.389. The number of amides is 1. The lowest BCUT2D eigenvalue weighted by atomic mass is 10.4. The molecular formula is C7H9N3O3. The van der Waals surface area contributed by atoms with E-state index in [0.29, 0.717) is 6.54 Å². The maximum atomic E-state index is 11.1. The van der Waals surface area contributed by atoms with Crippen molar-refractivity contribution in [1.29, 1.82) is 0 Å². The molecule has 0 aliphatic carbocycles. The van der Waals surface area contributed by atoms with Gasteiger partial charge >= 0.3 is 5.82 Å². The Morgan fingerprint density at radius 1 is 1.69 bits per heavy atom. The first-order valence-corrected chi connectivity index (χ1v) is 3.76. The number of H-pyrrole nitrogens is 1. The Kier molecular flexibility index (Phi) is 2.63. The normalized spacial score (nSPS) is 9.62. The minimum atomic E-state index is -0.581. The molecule has 1 rings (SSSR count). The number of aromatic nitrogens is 1. The number of carbonyl (C=O) groups is 1.